The summed E-state index contributed by atoms with van der Waals surface area (Å²) < 4.78 is 8.14. The van der Waals surface area contributed by atoms with Crippen molar-refractivity contribution in [2.75, 3.05) is 0 Å². The molecule has 1 aromatic heterocycles. The van der Waals surface area contributed by atoms with Crippen molar-refractivity contribution in [1.29, 1.82) is 0 Å². The van der Waals surface area contributed by atoms with E-state index in [1.165, 1.54) is 11.8 Å². The molecule has 0 spiro atoms. The second kappa shape index (κ2) is 11.5. The molecule has 4 aromatic carbocycles. The van der Waals surface area contributed by atoms with Crippen molar-refractivity contribution in [1.82, 2.24) is 4.57 Å². The van der Waals surface area contributed by atoms with Gasteiger partial charge in [0.1, 0.15) is 17.2 Å². The number of phenols is 2. The maximum Gasteiger partial charge on any atom is 0.317 e. The van der Waals surface area contributed by atoms with Gasteiger partial charge >= 0.3 is 5.97 Å². The largest absolute Gasteiger partial charge is 0.508 e. The molecule has 0 saturated heterocycles. The van der Waals surface area contributed by atoms with Crippen LogP contribution in [0, 0.1) is 5.41 Å². The smallest absolute Gasteiger partial charge is 0.317 e. The van der Waals surface area contributed by atoms with E-state index in [4.69, 9.17) is 16.3 Å². The lowest BCUT2D eigenvalue weighted by Crippen LogP contribution is -2.18. The highest BCUT2D eigenvalue weighted by Crippen LogP contribution is 2.47. The van der Waals surface area contributed by atoms with Crippen molar-refractivity contribution < 1.29 is 19.7 Å². The van der Waals surface area contributed by atoms with Gasteiger partial charge in [0.05, 0.1) is 6.42 Å². The number of aromatic hydroxyl groups is 2. The van der Waals surface area contributed by atoms with Crippen molar-refractivity contribution in [2.45, 2.75) is 33.2 Å². The highest BCUT2D eigenvalue weighted by Gasteiger charge is 2.36. The van der Waals surface area contributed by atoms with Gasteiger partial charge in [-0.3, -0.25) is 4.79 Å². The Kier molecular flexibility index (Phi) is 7.59. The van der Waals surface area contributed by atoms with Crippen LogP contribution in [0.3, 0.4) is 0 Å². The Bertz CT molecular complexity index is 1820. The Hall–Kier alpha value is -4.74. The number of nitrogens with zero attached hydrogens (tertiary/aromatic N) is 1. The van der Waals surface area contributed by atoms with E-state index in [0.717, 1.165) is 46.5 Å². The zero-order valence-corrected chi connectivity index (χ0v) is 24.8. The summed E-state index contributed by atoms with van der Waals surface area (Å²) in [7, 11) is 0. The first-order chi connectivity index (χ1) is 20.6. The molecule has 0 aliphatic carbocycles. The van der Waals surface area contributed by atoms with Crippen LogP contribution in [0.5, 0.6) is 17.2 Å². The Morgan fingerprint density at radius 1 is 0.837 bits per heavy atom. The van der Waals surface area contributed by atoms with Crippen LogP contribution in [0.15, 0.2) is 97.1 Å². The molecule has 6 rings (SSSR count). The van der Waals surface area contributed by atoms with E-state index in [1.807, 2.05) is 54.6 Å². The Balaban J connectivity index is 1.35. The van der Waals surface area contributed by atoms with Crippen LogP contribution in [-0.2, 0) is 24.2 Å². The highest BCUT2D eigenvalue weighted by molar-refractivity contribution is 6.30. The van der Waals surface area contributed by atoms with E-state index >= 15 is 0 Å². The standard InChI is InChI=1S/C37H32ClNO4/c1-37(2)22-33-36(26-6-4-3-5-7-26)35(27-12-14-28(38)15-13-27)32(39(33)23-37)21-34(42)43-31-19-25(18-30(41)20-31)9-8-24-10-16-29(40)17-11-24/h3-20,40-41H,21-23H2,1-2H3. The van der Waals surface area contributed by atoms with Crippen LogP contribution in [0.1, 0.15) is 36.4 Å². The fourth-order valence-electron chi connectivity index (χ4n) is 5.90. The summed E-state index contributed by atoms with van der Waals surface area (Å²) in [6.45, 7) is 5.29. The van der Waals surface area contributed by atoms with E-state index in [1.54, 1.807) is 36.4 Å². The maximum atomic E-state index is 13.6. The summed E-state index contributed by atoms with van der Waals surface area (Å²) in [5.74, 6) is 0.0318. The molecule has 216 valence electrons. The van der Waals surface area contributed by atoms with Gasteiger partial charge in [-0.25, -0.2) is 0 Å². The predicted molar refractivity (Wildman–Crippen MR) is 172 cm³/mol. The predicted octanol–water partition coefficient (Wildman–Crippen LogP) is 8.79. The number of fused-ring (bicyclic) bond motifs is 1. The zero-order chi connectivity index (χ0) is 30.1. The second-order valence-electron chi connectivity index (χ2n) is 11.8. The monoisotopic (exact) mass is 589 g/mol. The number of carbonyl (C=O) groups is 1. The minimum absolute atomic E-state index is 0.00537. The van der Waals surface area contributed by atoms with Gasteiger partial charge in [0.25, 0.3) is 0 Å². The molecule has 5 aromatic rings. The molecular formula is C37H32ClNO4. The lowest BCUT2D eigenvalue weighted by Gasteiger charge is -2.19. The minimum atomic E-state index is -0.418. The molecule has 5 nitrogen and oxygen atoms in total. The molecule has 6 heteroatoms. The fraction of sp³-hybridized carbons (Fsp3) is 0.162. The van der Waals surface area contributed by atoms with E-state index in [-0.39, 0.29) is 29.1 Å². The maximum absolute atomic E-state index is 13.6. The van der Waals surface area contributed by atoms with Crippen molar-refractivity contribution in [3.05, 3.63) is 125 Å². The van der Waals surface area contributed by atoms with Gasteiger partial charge in [0.2, 0.25) is 0 Å². The van der Waals surface area contributed by atoms with E-state index in [9.17, 15) is 15.0 Å². The summed E-state index contributed by atoms with van der Waals surface area (Å²) in [6.07, 6.45) is 4.61. The van der Waals surface area contributed by atoms with Crippen LogP contribution in [0.2, 0.25) is 5.02 Å². The Morgan fingerprint density at radius 2 is 1.51 bits per heavy atom. The minimum Gasteiger partial charge on any atom is -0.508 e. The normalized spacial score (nSPS) is 13.7. The van der Waals surface area contributed by atoms with Crippen LogP contribution < -0.4 is 4.74 Å². The lowest BCUT2D eigenvalue weighted by molar-refractivity contribution is -0.133. The van der Waals surface area contributed by atoms with Gasteiger partial charge in [0, 0.05) is 40.1 Å². The SMILES string of the molecule is CC1(C)Cc2c(-c3ccccc3)c(-c3ccc(Cl)cc3)c(CC(=O)Oc3cc(O)cc(C=Cc4ccc(O)cc4)c3)n2C1. The van der Waals surface area contributed by atoms with Crippen molar-refractivity contribution in [3.63, 3.8) is 0 Å². The van der Waals surface area contributed by atoms with Crippen molar-refractivity contribution in [3.8, 4) is 39.5 Å². The number of hydrogen-bond acceptors (Lipinski definition) is 4. The molecular weight excluding hydrogens is 558 g/mol. The molecule has 0 saturated carbocycles. The van der Waals surface area contributed by atoms with Crippen LogP contribution in [0.4, 0.5) is 0 Å². The third kappa shape index (κ3) is 6.23. The molecule has 1 aliphatic rings. The van der Waals surface area contributed by atoms with Gasteiger partial charge < -0.3 is 19.5 Å². The quantitative estimate of drug-likeness (QED) is 0.113. The van der Waals surface area contributed by atoms with Crippen molar-refractivity contribution in [2.24, 2.45) is 5.41 Å². The van der Waals surface area contributed by atoms with Gasteiger partial charge in [-0.05, 0) is 70.5 Å². The number of hydrogen-bond donors (Lipinski definition) is 2. The first-order valence-corrected chi connectivity index (χ1v) is 14.6. The van der Waals surface area contributed by atoms with Gasteiger partial charge in [-0.2, -0.15) is 0 Å². The highest BCUT2D eigenvalue weighted by atomic mass is 35.5. The summed E-state index contributed by atoms with van der Waals surface area (Å²) >= 11 is 6.26. The number of benzene rings is 4. The number of carbonyl (C=O) groups excluding carboxylic acids is 1. The molecule has 0 unspecified atom stereocenters. The van der Waals surface area contributed by atoms with Crippen molar-refractivity contribution >= 4 is 29.7 Å². The number of halogens is 1. The summed E-state index contributed by atoms with van der Waals surface area (Å²) in [5, 5.41) is 20.6. The van der Waals surface area contributed by atoms with Gasteiger partial charge in [0.15, 0.2) is 0 Å². The third-order valence-electron chi connectivity index (χ3n) is 7.72. The van der Waals surface area contributed by atoms with Crippen LogP contribution in [-0.4, -0.2) is 20.7 Å². The lowest BCUT2D eigenvalue weighted by atomic mass is 9.86. The number of phenolic OH excluding ortho intramolecular Hbond substituents is 2. The second-order valence-corrected chi connectivity index (χ2v) is 12.2. The van der Waals surface area contributed by atoms with E-state index < -0.39 is 5.97 Å². The molecule has 0 amide bonds. The van der Waals surface area contributed by atoms with Crippen LogP contribution in [0.25, 0.3) is 34.4 Å². The Labute approximate surface area is 256 Å². The zero-order valence-electron chi connectivity index (χ0n) is 24.0. The average molecular weight is 590 g/mol. The number of aromatic nitrogens is 1. The number of rotatable bonds is 7. The molecule has 0 bridgehead atoms. The van der Waals surface area contributed by atoms with Gasteiger partial charge in [-0.1, -0.05) is 92.2 Å². The van der Waals surface area contributed by atoms with Crippen LogP contribution >= 0.6 is 11.6 Å². The van der Waals surface area contributed by atoms with E-state index in [2.05, 4.69) is 30.5 Å². The van der Waals surface area contributed by atoms with E-state index in [0.29, 0.717) is 10.6 Å². The topological polar surface area (TPSA) is 71.7 Å². The summed E-state index contributed by atoms with van der Waals surface area (Å²) in [5.41, 5.74) is 7.95. The van der Waals surface area contributed by atoms with Gasteiger partial charge in [-0.15, -0.1) is 0 Å². The average Bonchev–Trinajstić information content (AvgIpc) is 3.43. The first-order valence-electron chi connectivity index (χ1n) is 14.2. The molecule has 2 heterocycles. The molecule has 43 heavy (non-hydrogen) atoms. The molecule has 1 aliphatic heterocycles. The fourth-order valence-corrected chi connectivity index (χ4v) is 6.03. The first kappa shape index (κ1) is 28.4. The third-order valence-corrected chi connectivity index (χ3v) is 7.98. The summed E-state index contributed by atoms with van der Waals surface area (Å²) in [4.78, 5) is 13.6. The molecule has 0 atom stereocenters. The number of ether oxygens (including phenoxy) is 1. The summed E-state index contributed by atoms with van der Waals surface area (Å²) in [6, 6.07) is 29.6. The molecule has 0 fully saturated rings. The number of esters is 1. The Morgan fingerprint density at radius 3 is 2.23 bits per heavy atom. The molecule has 2 N–H and O–H groups in total. The molecule has 0 radical (unpaired) electrons.